The smallest absolute Gasteiger partial charge is 0.255 e. The number of hydrogen-bond donors (Lipinski definition) is 6. The maximum atomic E-state index is 13.8. The molecular formula is C23H26N2O8S. The molecule has 4 rings (SSSR count). The number of aliphatic hydroxyl groups is 4. The Morgan fingerprint density at radius 3 is 2.32 bits per heavy atom. The molecule has 1 aromatic carbocycles. The molecular weight excluding hydrogens is 464 g/mol. The standard InChI is InChI=1S/C23H26N2O8S/c1-7-10-9(34-4)6-5-8(26)12(10)17(27)13-11(7)18(28)15-16(25(2)3)19(29)14(22(24)32)21(31)23(15,33)20(13)30/h5-7,11,15-16,18,26-28,31,33H,1-4H3,(H2,24,32). The number of amides is 1. The normalized spacial score (nSPS) is 33.1. The molecule has 1 amide bonds. The Labute approximate surface area is 199 Å². The summed E-state index contributed by atoms with van der Waals surface area (Å²) in [7, 11) is 2.93. The van der Waals surface area contributed by atoms with E-state index in [9.17, 15) is 39.9 Å². The lowest BCUT2D eigenvalue weighted by molar-refractivity contribution is -0.169. The van der Waals surface area contributed by atoms with Crippen LogP contribution in [0.1, 0.15) is 24.0 Å². The average Bonchev–Trinajstić information content (AvgIpc) is 2.75. The second kappa shape index (κ2) is 7.84. The number of phenolic OH excluding ortho intramolecular Hbond substituents is 1. The van der Waals surface area contributed by atoms with Crippen molar-refractivity contribution in [2.45, 2.75) is 35.5 Å². The number of thioether (sulfide) groups is 1. The highest BCUT2D eigenvalue weighted by atomic mass is 32.2. The molecule has 0 spiro atoms. The van der Waals surface area contributed by atoms with Crippen LogP contribution in [0.5, 0.6) is 5.75 Å². The van der Waals surface area contributed by atoms with Crippen molar-refractivity contribution in [2.24, 2.45) is 17.6 Å². The number of ketones is 2. The highest BCUT2D eigenvalue weighted by molar-refractivity contribution is 7.98. The van der Waals surface area contributed by atoms with E-state index in [1.165, 1.54) is 36.8 Å². The van der Waals surface area contributed by atoms with Gasteiger partial charge in [0.05, 0.1) is 23.6 Å². The van der Waals surface area contributed by atoms with Crippen LogP contribution in [0.4, 0.5) is 0 Å². The SMILES string of the molecule is CSc1ccc(O)c2c1C(C)C1C(=C2O)C(=O)C2(O)C(O)=C(C(N)=O)C(=O)C(N(C)C)C2C1O. The van der Waals surface area contributed by atoms with Gasteiger partial charge in [0.1, 0.15) is 22.8 Å². The Kier molecular flexibility index (Phi) is 5.60. The average molecular weight is 491 g/mol. The molecule has 34 heavy (non-hydrogen) atoms. The number of nitrogens with two attached hydrogens (primary N) is 1. The van der Waals surface area contributed by atoms with E-state index in [1.807, 2.05) is 0 Å². The summed E-state index contributed by atoms with van der Waals surface area (Å²) in [5, 5.41) is 55.6. The molecule has 1 saturated carbocycles. The summed E-state index contributed by atoms with van der Waals surface area (Å²) in [5.41, 5.74) is 1.55. The second-order valence-electron chi connectivity index (χ2n) is 9.12. The number of aromatic hydroxyl groups is 1. The van der Waals surface area contributed by atoms with E-state index >= 15 is 0 Å². The van der Waals surface area contributed by atoms with Crippen LogP contribution >= 0.6 is 11.8 Å². The van der Waals surface area contributed by atoms with E-state index in [1.54, 1.807) is 19.2 Å². The van der Waals surface area contributed by atoms with Crippen LogP contribution in [0.3, 0.4) is 0 Å². The molecule has 10 nitrogen and oxygen atoms in total. The summed E-state index contributed by atoms with van der Waals surface area (Å²) in [4.78, 5) is 41.0. The number of nitrogens with zero attached hydrogens (tertiary/aromatic N) is 1. The number of Topliss-reactive ketones (excluding diaryl/α,β-unsaturated/α-hetero) is 2. The Morgan fingerprint density at radius 2 is 1.79 bits per heavy atom. The summed E-state index contributed by atoms with van der Waals surface area (Å²) < 4.78 is 0. The van der Waals surface area contributed by atoms with Crippen LogP contribution in [0.15, 0.2) is 33.9 Å². The van der Waals surface area contributed by atoms with Gasteiger partial charge in [-0.05, 0) is 44.0 Å². The highest BCUT2D eigenvalue weighted by Gasteiger charge is 2.68. The first-order valence-corrected chi connectivity index (χ1v) is 11.8. The molecule has 3 aliphatic rings. The first-order chi connectivity index (χ1) is 15.8. The molecule has 0 aromatic heterocycles. The van der Waals surface area contributed by atoms with Crippen molar-refractivity contribution < 1.29 is 39.9 Å². The molecule has 0 bridgehead atoms. The van der Waals surface area contributed by atoms with Crippen molar-refractivity contribution in [3.8, 4) is 5.75 Å². The lowest BCUT2D eigenvalue weighted by Crippen LogP contribution is -2.70. The minimum atomic E-state index is -2.91. The number of carbonyl (C=O) groups is 3. The number of hydrogen-bond acceptors (Lipinski definition) is 10. The quantitative estimate of drug-likeness (QED) is 0.253. The Morgan fingerprint density at radius 1 is 1.18 bits per heavy atom. The Balaban J connectivity index is 2.08. The molecule has 3 aliphatic carbocycles. The summed E-state index contributed by atoms with van der Waals surface area (Å²) in [6, 6.07) is 1.64. The largest absolute Gasteiger partial charge is 0.508 e. The maximum Gasteiger partial charge on any atom is 0.255 e. The molecule has 1 fully saturated rings. The van der Waals surface area contributed by atoms with Gasteiger partial charge in [0.25, 0.3) is 5.91 Å². The van der Waals surface area contributed by atoms with Crippen LogP contribution in [-0.2, 0) is 14.4 Å². The minimum absolute atomic E-state index is 0.0113. The molecule has 0 radical (unpaired) electrons. The molecule has 11 heteroatoms. The van der Waals surface area contributed by atoms with Crippen molar-refractivity contribution in [3.05, 3.63) is 40.2 Å². The second-order valence-corrected chi connectivity index (χ2v) is 9.97. The maximum absolute atomic E-state index is 13.8. The number of aliphatic hydroxyl groups excluding tert-OH is 3. The molecule has 0 heterocycles. The Hall–Kier alpha value is -2.86. The van der Waals surface area contributed by atoms with Crippen LogP contribution in [-0.4, -0.2) is 86.0 Å². The predicted octanol–water partition coefficient (Wildman–Crippen LogP) is 0.218. The van der Waals surface area contributed by atoms with Crippen molar-refractivity contribution >= 4 is 35.0 Å². The lowest BCUT2D eigenvalue weighted by atomic mass is 9.54. The number of primary amides is 1. The lowest BCUT2D eigenvalue weighted by Gasteiger charge is -2.53. The van der Waals surface area contributed by atoms with Gasteiger partial charge in [-0.25, -0.2) is 0 Å². The summed E-state index contributed by atoms with van der Waals surface area (Å²) in [6.45, 7) is 1.70. The number of fused-ring (bicyclic) bond motifs is 3. The van der Waals surface area contributed by atoms with Crippen LogP contribution in [0, 0.1) is 11.8 Å². The first kappa shape index (κ1) is 24.3. The highest BCUT2D eigenvalue weighted by Crippen LogP contribution is 2.57. The first-order valence-electron chi connectivity index (χ1n) is 10.5. The zero-order valence-electron chi connectivity index (χ0n) is 18.9. The van der Waals surface area contributed by atoms with Crippen LogP contribution < -0.4 is 5.73 Å². The van der Waals surface area contributed by atoms with Crippen molar-refractivity contribution in [1.29, 1.82) is 0 Å². The van der Waals surface area contributed by atoms with Crippen LogP contribution in [0.25, 0.3) is 5.76 Å². The molecule has 0 saturated heterocycles. The third-order valence-corrected chi connectivity index (χ3v) is 8.08. The molecule has 7 N–H and O–H groups in total. The van der Waals surface area contributed by atoms with Gasteiger partial charge in [-0.15, -0.1) is 11.8 Å². The molecule has 0 aliphatic heterocycles. The predicted molar refractivity (Wildman–Crippen MR) is 122 cm³/mol. The van der Waals surface area contributed by atoms with E-state index in [-0.39, 0.29) is 11.3 Å². The molecule has 6 atom stereocenters. The third-order valence-electron chi connectivity index (χ3n) is 7.29. The zero-order chi connectivity index (χ0) is 25.4. The number of likely N-dealkylation sites (N-methyl/N-ethyl adjacent to an activating group) is 1. The monoisotopic (exact) mass is 490 g/mol. The van der Waals surface area contributed by atoms with Gasteiger partial charge in [0.15, 0.2) is 11.4 Å². The van der Waals surface area contributed by atoms with E-state index in [0.717, 1.165) is 0 Å². The van der Waals surface area contributed by atoms with Gasteiger partial charge in [0, 0.05) is 16.4 Å². The zero-order valence-corrected chi connectivity index (χ0v) is 19.8. The summed E-state index contributed by atoms with van der Waals surface area (Å²) >= 11 is 1.35. The van der Waals surface area contributed by atoms with Gasteiger partial charge in [-0.1, -0.05) is 6.92 Å². The van der Waals surface area contributed by atoms with E-state index in [2.05, 4.69) is 0 Å². The molecule has 182 valence electrons. The fraction of sp³-hybridized carbons (Fsp3) is 0.435. The Bertz CT molecular complexity index is 1210. The molecule has 1 aromatic rings. The van der Waals surface area contributed by atoms with Gasteiger partial charge in [0.2, 0.25) is 5.78 Å². The van der Waals surface area contributed by atoms with Crippen molar-refractivity contribution in [3.63, 3.8) is 0 Å². The van der Waals surface area contributed by atoms with Gasteiger partial charge in [-0.2, -0.15) is 0 Å². The number of phenols is 1. The third kappa shape index (κ3) is 2.84. The topological polar surface area (TPSA) is 182 Å². The van der Waals surface area contributed by atoms with E-state index < -0.39 is 75.6 Å². The van der Waals surface area contributed by atoms with Gasteiger partial charge >= 0.3 is 0 Å². The number of rotatable bonds is 3. The number of carbonyl (C=O) groups excluding carboxylic acids is 3. The minimum Gasteiger partial charge on any atom is -0.508 e. The van der Waals surface area contributed by atoms with E-state index in [0.29, 0.717) is 10.5 Å². The fourth-order valence-electron chi connectivity index (χ4n) is 5.84. The van der Waals surface area contributed by atoms with Crippen molar-refractivity contribution in [1.82, 2.24) is 4.90 Å². The number of benzene rings is 1. The fourth-order valence-corrected chi connectivity index (χ4v) is 6.55. The summed E-state index contributed by atoms with van der Waals surface area (Å²) in [6.07, 6.45) is 0.195. The van der Waals surface area contributed by atoms with E-state index in [4.69, 9.17) is 5.73 Å². The molecule has 6 unspecified atom stereocenters. The van der Waals surface area contributed by atoms with Crippen molar-refractivity contribution in [2.75, 3.05) is 20.4 Å². The van der Waals surface area contributed by atoms with Gasteiger partial charge < -0.3 is 31.3 Å². The van der Waals surface area contributed by atoms with Gasteiger partial charge in [-0.3, -0.25) is 19.3 Å². The summed E-state index contributed by atoms with van der Waals surface area (Å²) in [5.74, 6) is -8.91. The van der Waals surface area contributed by atoms with Crippen LogP contribution in [0.2, 0.25) is 0 Å².